The third kappa shape index (κ3) is 5.70. The molecule has 2 rings (SSSR count). The van der Waals surface area contributed by atoms with E-state index < -0.39 is 0 Å². The Morgan fingerprint density at radius 2 is 1.92 bits per heavy atom. The molecule has 2 amide bonds. The Kier molecular flexibility index (Phi) is 7.35. The Hall–Kier alpha value is -2.67. The number of hydrogen-bond acceptors (Lipinski definition) is 4. The van der Waals surface area contributed by atoms with Crippen molar-refractivity contribution < 1.29 is 23.1 Å². The van der Waals surface area contributed by atoms with Crippen molar-refractivity contribution in [3.63, 3.8) is 0 Å². The third-order valence-corrected chi connectivity index (χ3v) is 3.95. The maximum absolute atomic E-state index is 12.9. The van der Waals surface area contributed by atoms with Gasteiger partial charge in [-0.25, -0.2) is 4.39 Å². The Morgan fingerprint density at radius 3 is 2.54 bits per heavy atom. The molecule has 2 aromatic rings. The van der Waals surface area contributed by atoms with E-state index in [4.69, 9.17) is 9.15 Å². The van der Waals surface area contributed by atoms with Crippen LogP contribution in [0.15, 0.2) is 41.0 Å². The van der Waals surface area contributed by atoms with Crippen molar-refractivity contribution in [2.45, 2.75) is 19.9 Å². The van der Waals surface area contributed by atoms with Gasteiger partial charge in [-0.05, 0) is 30.7 Å². The number of rotatable bonds is 9. The van der Waals surface area contributed by atoms with E-state index in [0.717, 1.165) is 5.56 Å². The number of carbonyl (C=O) groups excluding carboxylic acids is 2. The molecule has 0 aliphatic heterocycles. The minimum absolute atomic E-state index is 0.160. The molecule has 7 heteroatoms. The number of hydrogen-bond donors (Lipinski definition) is 1. The average molecular weight is 362 g/mol. The van der Waals surface area contributed by atoms with E-state index in [1.807, 2.05) is 0 Å². The minimum Gasteiger partial charge on any atom is -0.469 e. The van der Waals surface area contributed by atoms with E-state index in [-0.39, 0.29) is 30.6 Å². The first kappa shape index (κ1) is 19.7. The highest BCUT2D eigenvalue weighted by molar-refractivity contribution is 5.95. The van der Waals surface area contributed by atoms with Gasteiger partial charge in [0.1, 0.15) is 11.6 Å². The van der Waals surface area contributed by atoms with Crippen molar-refractivity contribution in [1.29, 1.82) is 0 Å². The lowest BCUT2D eigenvalue weighted by atomic mass is 10.2. The lowest BCUT2D eigenvalue weighted by Gasteiger charge is -2.22. The van der Waals surface area contributed by atoms with Gasteiger partial charge >= 0.3 is 0 Å². The summed E-state index contributed by atoms with van der Waals surface area (Å²) in [5.41, 5.74) is 1.29. The van der Waals surface area contributed by atoms with Crippen molar-refractivity contribution >= 4 is 11.8 Å². The summed E-state index contributed by atoms with van der Waals surface area (Å²) in [4.78, 5) is 26.2. The summed E-state index contributed by atoms with van der Waals surface area (Å²) in [6.07, 6.45) is 1.63. The molecule has 140 valence electrons. The van der Waals surface area contributed by atoms with E-state index in [0.29, 0.717) is 31.0 Å². The number of aryl methyl sites for hydroxylation is 1. The molecular weight excluding hydrogens is 339 g/mol. The normalized spacial score (nSPS) is 10.6. The number of carbonyl (C=O) groups is 2. The molecule has 1 aromatic carbocycles. The van der Waals surface area contributed by atoms with Gasteiger partial charge in [0.15, 0.2) is 0 Å². The molecule has 1 heterocycles. The molecule has 0 aliphatic rings. The summed E-state index contributed by atoms with van der Waals surface area (Å²) in [7, 11) is 1.56. The van der Waals surface area contributed by atoms with E-state index in [2.05, 4.69) is 5.32 Å². The zero-order valence-corrected chi connectivity index (χ0v) is 15.0. The predicted molar refractivity (Wildman–Crippen MR) is 94.1 cm³/mol. The van der Waals surface area contributed by atoms with Crippen molar-refractivity contribution in [1.82, 2.24) is 10.2 Å². The summed E-state index contributed by atoms with van der Waals surface area (Å²) in [5.74, 6) is -0.159. The Bertz CT molecular complexity index is 727. The van der Waals surface area contributed by atoms with Gasteiger partial charge in [-0.15, -0.1) is 0 Å². The number of nitrogens with zero attached hydrogens (tertiary/aromatic N) is 1. The van der Waals surface area contributed by atoms with Gasteiger partial charge in [-0.2, -0.15) is 0 Å². The molecule has 0 aliphatic carbocycles. The second-order valence-electron chi connectivity index (χ2n) is 5.83. The predicted octanol–water partition coefficient (Wildman–Crippen LogP) is 2.52. The van der Waals surface area contributed by atoms with Crippen LogP contribution in [0, 0.1) is 12.7 Å². The van der Waals surface area contributed by atoms with Crippen LogP contribution in [0.2, 0.25) is 0 Å². The van der Waals surface area contributed by atoms with Gasteiger partial charge in [0.05, 0.1) is 18.4 Å². The second-order valence-corrected chi connectivity index (χ2v) is 5.83. The quantitative estimate of drug-likeness (QED) is 0.744. The Balaban J connectivity index is 1.87. The lowest BCUT2D eigenvalue weighted by Crippen LogP contribution is -2.37. The molecule has 0 atom stereocenters. The number of nitrogens with one attached hydrogen (secondary N) is 1. The summed E-state index contributed by atoms with van der Waals surface area (Å²) < 4.78 is 23.1. The van der Waals surface area contributed by atoms with E-state index in [1.54, 1.807) is 37.1 Å². The maximum atomic E-state index is 12.9. The van der Waals surface area contributed by atoms with Gasteiger partial charge in [-0.3, -0.25) is 9.59 Å². The zero-order chi connectivity index (χ0) is 18.9. The van der Waals surface area contributed by atoms with E-state index >= 15 is 0 Å². The molecule has 0 bridgehead atoms. The maximum Gasteiger partial charge on any atom is 0.257 e. The van der Waals surface area contributed by atoms with Gasteiger partial charge in [0, 0.05) is 33.2 Å². The van der Waals surface area contributed by atoms with Crippen LogP contribution in [0.1, 0.15) is 28.1 Å². The summed E-state index contributed by atoms with van der Waals surface area (Å²) in [6.45, 7) is 3.05. The van der Waals surface area contributed by atoms with Gasteiger partial charge in [-0.1, -0.05) is 12.1 Å². The zero-order valence-electron chi connectivity index (χ0n) is 15.0. The standard InChI is InChI=1S/C19H23FN2O4/c1-14-17(8-11-26-14)19(24)22(10-12-25-2)9-7-18(23)21-13-15-3-5-16(20)6-4-15/h3-6,8,11H,7,9-10,12-13H2,1-2H3,(H,21,23). The first-order valence-corrected chi connectivity index (χ1v) is 8.34. The first-order valence-electron chi connectivity index (χ1n) is 8.34. The highest BCUT2D eigenvalue weighted by atomic mass is 19.1. The molecule has 0 unspecified atom stereocenters. The van der Waals surface area contributed by atoms with E-state index in [9.17, 15) is 14.0 Å². The number of furan rings is 1. The molecule has 0 fully saturated rings. The third-order valence-electron chi connectivity index (χ3n) is 3.95. The van der Waals surface area contributed by atoms with Crippen molar-refractivity contribution in [3.05, 3.63) is 59.3 Å². The fourth-order valence-corrected chi connectivity index (χ4v) is 2.42. The van der Waals surface area contributed by atoms with Crippen LogP contribution in [-0.4, -0.2) is 43.5 Å². The van der Waals surface area contributed by atoms with Gasteiger partial charge in [0.25, 0.3) is 5.91 Å². The van der Waals surface area contributed by atoms with Crippen LogP contribution in [0.25, 0.3) is 0 Å². The Morgan fingerprint density at radius 1 is 1.19 bits per heavy atom. The number of methoxy groups -OCH3 is 1. The monoisotopic (exact) mass is 362 g/mol. The molecule has 6 nitrogen and oxygen atoms in total. The number of halogens is 1. The topological polar surface area (TPSA) is 71.8 Å². The van der Waals surface area contributed by atoms with Crippen LogP contribution in [-0.2, 0) is 16.1 Å². The SMILES string of the molecule is COCCN(CCC(=O)NCc1ccc(F)cc1)C(=O)c1ccoc1C. The smallest absolute Gasteiger partial charge is 0.257 e. The van der Waals surface area contributed by atoms with Gasteiger partial charge < -0.3 is 19.4 Å². The largest absolute Gasteiger partial charge is 0.469 e. The highest BCUT2D eigenvalue weighted by Gasteiger charge is 2.20. The summed E-state index contributed by atoms with van der Waals surface area (Å²) >= 11 is 0. The van der Waals surface area contributed by atoms with Crippen LogP contribution >= 0.6 is 0 Å². The molecule has 0 saturated carbocycles. The number of benzene rings is 1. The minimum atomic E-state index is -0.318. The average Bonchev–Trinajstić information content (AvgIpc) is 3.06. The summed E-state index contributed by atoms with van der Waals surface area (Å²) in [6, 6.07) is 7.54. The second kappa shape index (κ2) is 9.72. The fourth-order valence-electron chi connectivity index (χ4n) is 2.42. The van der Waals surface area contributed by atoms with E-state index in [1.165, 1.54) is 18.4 Å². The molecule has 1 aromatic heterocycles. The van der Waals surface area contributed by atoms with Gasteiger partial charge in [0.2, 0.25) is 5.91 Å². The Labute approximate surface area is 151 Å². The molecule has 0 radical (unpaired) electrons. The van der Waals surface area contributed by atoms with Crippen molar-refractivity contribution in [2.24, 2.45) is 0 Å². The fraction of sp³-hybridized carbons (Fsp3) is 0.368. The molecule has 0 saturated heterocycles. The molecule has 26 heavy (non-hydrogen) atoms. The lowest BCUT2D eigenvalue weighted by molar-refractivity contribution is -0.121. The highest BCUT2D eigenvalue weighted by Crippen LogP contribution is 2.12. The molecule has 0 spiro atoms. The van der Waals surface area contributed by atoms with Crippen LogP contribution < -0.4 is 5.32 Å². The van der Waals surface area contributed by atoms with Crippen molar-refractivity contribution in [2.75, 3.05) is 26.8 Å². The number of ether oxygens (including phenoxy) is 1. The molecule has 1 N–H and O–H groups in total. The van der Waals surface area contributed by atoms with Crippen LogP contribution in [0.5, 0.6) is 0 Å². The molecular formula is C19H23FN2O4. The van der Waals surface area contributed by atoms with Crippen LogP contribution in [0.4, 0.5) is 4.39 Å². The first-order chi connectivity index (χ1) is 12.5. The summed E-state index contributed by atoms with van der Waals surface area (Å²) in [5, 5.41) is 2.77. The number of amides is 2. The van der Waals surface area contributed by atoms with Crippen molar-refractivity contribution in [3.8, 4) is 0 Å². The van der Waals surface area contributed by atoms with Crippen LogP contribution in [0.3, 0.4) is 0 Å².